The van der Waals surface area contributed by atoms with Crippen LogP contribution < -0.4 is 0 Å². The average molecular weight is 236 g/mol. The van der Waals surface area contributed by atoms with Crippen LogP contribution in [-0.4, -0.2) is 15.8 Å². The van der Waals surface area contributed by atoms with Crippen molar-refractivity contribution in [2.75, 3.05) is 5.88 Å². The van der Waals surface area contributed by atoms with Crippen LogP contribution in [0.3, 0.4) is 0 Å². The Bertz CT molecular complexity index is 411. The van der Waals surface area contributed by atoms with Crippen molar-refractivity contribution in [2.45, 2.75) is 38.0 Å². The smallest absolute Gasteiger partial charge is 0.116 e. The largest absolute Gasteiger partial charge is 0.241 e. The highest BCUT2D eigenvalue weighted by atomic mass is 35.5. The number of aryl methyl sites for hydroxylation is 1. The number of nitriles is 1. The molecular weight excluding hydrogens is 222 g/mol. The van der Waals surface area contributed by atoms with Gasteiger partial charge < -0.3 is 0 Å². The lowest BCUT2D eigenvalue weighted by Crippen LogP contribution is -2.09. The number of alkyl halides is 1. The van der Waals surface area contributed by atoms with Gasteiger partial charge in [-0.15, -0.1) is 11.6 Å². The highest BCUT2D eigenvalue weighted by Crippen LogP contribution is 2.25. The molecule has 0 fully saturated rings. The van der Waals surface area contributed by atoms with Crippen LogP contribution in [-0.2, 0) is 12.8 Å². The molecule has 0 N–H and O–H groups in total. The SMILES string of the molecule is N#CC(CCl)c1ncnc2c1CCCCC2. The number of hydrogen-bond acceptors (Lipinski definition) is 3. The highest BCUT2D eigenvalue weighted by molar-refractivity contribution is 6.18. The van der Waals surface area contributed by atoms with E-state index < -0.39 is 0 Å². The molecule has 1 aromatic heterocycles. The first kappa shape index (κ1) is 11.3. The summed E-state index contributed by atoms with van der Waals surface area (Å²) < 4.78 is 0. The maximum atomic E-state index is 9.06. The standard InChI is InChI=1S/C12H14ClN3/c13-6-9(7-14)12-10-4-2-1-3-5-11(10)15-8-16-12/h8-9H,1-6H2. The van der Waals surface area contributed by atoms with Crippen LogP contribution in [0, 0.1) is 11.3 Å². The van der Waals surface area contributed by atoms with E-state index in [-0.39, 0.29) is 5.92 Å². The monoisotopic (exact) mass is 235 g/mol. The molecule has 0 aromatic carbocycles. The predicted molar refractivity (Wildman–Crippen MR) is 62.4 cm³/mol. The van der Waals surface area contributed by atoms with E-state index in [1.807, 2.05) is 0 Å². The Kier molecular flexibility index (Phi) is 3.74. The molecule has 1 heterocycles. The second-order valence-corrected chi connectivity index (χ2v) is 4.39. The lowest BCUT2D eigenvalue weighted by molar-refractivity contribution is 0.707. The Morgan fingerprint density at radius 2 is 2.12 bits per heavy atom. The molecule has 0 spiro atoms. The molecule has 0 aliphatic heterocycles. The van der Waals surface area contributed by atoms with Crippen LogP contribution >= 0.6 is 11.6 Å². The summed E-state index contributed by atoms with van der Waals surface area (Å²) in [7, 11) is 0. The summed E-state index contributed by atoms with van der Waals surface area (Å²) in [5.41, 5.74) is 3.14. The molecule has 3 nitrogen and oxygen atoms in total. The minimum absolute atomic E-state index is 0.295. The van der Waals surface area contributed by atoms with Crippen molar-refractivity contribution < 1.29 is 0 Å². The molecule has 0 bridgehead atoms. The summed E-state index contributed by atoms with van der Waals surface area (Å²) in [5, 5.41) is 9.06. The third kappa shape index (κ3) is 2.17. The second-order valence-electron chi connectivity index (χ2n) is 4.08. The van der Waals surface area contributed by atoms with Crippen LogP contribution in [0.4, 0.5) is 0 Å². The number of rotatable bonds is 2. The highest BCUT2D eigenvalue weighted by Gasteiger charge is 2.20. The first-order valence-electron chi connectivity index (χ1n) is 5.65. The van der Waals surface area contributed by atoms with Crippen molar-refractivity contribution in [3.05, 3.63) is 23.3 Å². The van der Waals surface area contributed by atoms with Crippen molar-refractivity contribution in [1.82, 2.24) is 9.97 Å². The molecule has 4 heteroatoms. The van der Waals surface area contributed by atoms with Crippen molar-refractivity contribution in [1.29, 1.82) is 5.26 Å². The summed E-state index contributed by atoms with van der Waals surface area (Å²) in [4.78, 5) is 8.58. The molecule has 1 aliphatic rings. The van der Waals surface area contributed by atoms with Crippen molar-refractivity contribution in [3.63, 3.8) is 0 Å². The molecule has 0 amide bonds. The van der Waals surface area contributed by atoms with Gasteiger partial charge in [0.05, 0.1) is 11.8 Å². The fraction of sp³-hybridized carbons (Fsp3) is 0.583. The normalized spacial score (nSPS) is 17.0. The van der Waals surface area contributed by atoms with E-state index >= 15 is 0 Å². The molecule has 0 saturated heterocycles. The van der Waals surface area contributed by atoms with Gasteiger partial charge in [0.2, 0.25) is 0 Å². The molecule has 1 aromatic rings. The number of halogens is 1. The van der Waals surface area contributed by atoms with Crippen molar-refractivity contribution in [3.8, 4) is 6.07 Å². The summed E-state index contributed by atoms with van der Waals surface area (Å²) in [6, 6.07) is 2.22. The van der Waals surface area contributed by atoms with Gasteiger partial charge in [0.15, 0.2) is 0 Å². The van der Waals surface area contributed by atoms with E-state index in [9.17, 15) is 0 Å². The van der Waals surface area contributed by atoms with Gasteiger partial charge >= 0.3 is 0 Å². The summed E-state index contributed by atoms with van der Waals surface area (Å²) in [6.07, 6.45) is 7.13. The Balaban J connectivity index is 2.42. The zero-order valence-electron chi connectivity index (χ0n) is 9.12. The summed E-state index contributed by atoms with van der Waals surface area (Å²) in [5.74, 6) is 0.0106. The molecular formula is C12H14ClN3. The predicted octanol–water partition coefficient (Wildman–Crippen LogP) is 2.59. The average Bonchev–Trinajstić information content (AvgIpc) is 2.56. The van der Waals surface area contributed by atoms with Gasteiger partial charge in [-0.05, 0) is 31.2 Å². The van der Waals surface area contributed by atoms with Gasteiger partial charge in [-0.2, -0.15) is 5.26 Å². The molecule has 1 unspecified atom stereocenters. The van der Waals surface area contributed by atoms with Gasteiger partial charge in [-0.25, -0.2) is 9.97 Å². The van der Waals surface area contributed by atoms with Crippen LogP contribution in [0.25, 0.3) is 0 Å². The van der Waals surface area contributed by atoms with Crippen LogP contribution in [0.1, 0.15) is 42.1 Å². The Morgan fingerprint density at radius 1 is 1.31 bits per heavy atom. The van der Waals surface area contributed by atoms with E-state index in [0.717, 1.165) is 30.7 Å². The number of fused-ring (bicyclic) bond motifs is 1. The zero-order chi connectivity index (χ0) is 11.4. The third-order valence-electron chi connectivity index (χ3n) is 3.05. The third-order valence-corrected chi connectivity index (χ3v) is 3.36. The molecule has 84 valence electrons. The van der Waals surface area contributed by atoms with Crippen LogP contribution in [0.15, 0.2) is 6.33 Å². The lowest BCUT2D eigenvalue weighted by atomic mass is 9.99. The van der Waals surface area contributed by atoms with E-state index in [1.165, 1.54) is 18.4 Å². The van der Waals surface area contributed by atoms with E-state index in [2.05, 4.69) is 16.0 Å². The molecule has 0 radical (unpaired) electrons. The number of aromatic nitrogens is 2. The minimum atomic E-state index is -0.295. The topological polar surface area (TPSA) is 49.6 Å². The van der Waals surface area contributed by atoms with Crippen molar-refractivity contribution >= 4 is 11.6 Å². The summed E-state index contributed by atoms with van der Waals surface area (Å²) >= 11 is 5.80. The van der Waals surface area contributed by atoms with E-state index in [4.69, 9.17) is 16.9 Å². The first-order valence-corrected chi connectivity index (χ1v) is 6.18. The van der Waals surface area contributed by atoms with Gasteiger partial charge in [-0.3, -0.25) is 0 Å². The Morgan fingerprint density at radius 3 is 2.88 bits per heavy atom. The van der Waals surface area contributed by atoms with Gasteiger partial charge in [0, 0.05) is 11.6 Å². The quantitative estimate of drug-likeness (QED) is 0.585. The zero-order valence-corrected chi connectivity index (χ0v) is 9.87. The van der Waals surface area contributed by atoms with Crippen LogP contribution in [0.2, 0.25) is 0 Å². The Hall–Kier alpha value is -1.14. The molecule has 1 atom stereocenters. The Labute approximate surface area is 100 Å². The number of nitrogens with zero attached hydrogens (tertiary/aromatic N) is 3. The van der Waals surface area contributed by atoms with Crippen molar-refractivity contribution in [2.24, 2.45) is 0 Å². The fourth-order valence-electron chi connectivity index (χ4n) is 2.19. The molecule has 16 heavy (non-hydrogen) atoms. The number of hydrogen-bond donors (Lipinski definition) is 0. The van der Waals surface area contributed by atoms with Gasteiger partial charge in [0.1, 0.15) is 12.2 Å². The fourth-order valence-corrected chi connectivity index (χ4v) is 2.41. The van der Waals surface area contributed by atoms with Gasteiger partial charge in [-0.1, -0.05) is 6.42 Å². The molecule has 0 saturated carbocycles. The molecule has 1 aliphatic carbocycles. The van der Waals surface area contributed by atoms with E-state index in [1.54, 1.807) is 6.33 Å². The summed E-state index contributed by atoms with van der Waals surface area (Å²) in [6.45, 7) is 0. The maximum Gasteiger partial charge on any atom is 0.116 e. The lowest BCUT2D eigenvalue weighted by Gasteiger charge is -2.12. The molecule has 2 rings (SSSR count). The second kappa shape index (κ2) is 5.27. The van der Waals surface area contributed by atoms with E-state index in [0.29, 0.717) is 5.88 Å². The van der Waals surface area contributed by atoms with Gasteiger partial charge in [0.25, 0.3) is 0 Å². The first-order chi connectivity index (χ1) is 7.86. The van der Waals surface area contributed by atoms with Crippen LogP contribution in [0.5, 0.6) is 0 Å². The minimum Gasteiger partial charge on any atom is -0.241 e. The maximum absolute atomic E-state index is 9.06.